The van der Waals surface area contributed by atoms with E-state index in [9.17, 15) is 4.79 Å². The first-order valence-corrected chi connectivity index (χ1v) is 7.68. The fraction of sp³-hybridized carbons (Fsp3) is 0.158. The number of fused-ring (bicyclic) bond motifs is 2. The Hall–Kier alpha value is -3.08. The van der Waals surface area contributed by atoms with E-state index in [1.54, 1.807) is 17.0 Å². The molecule has 0 unspecified atom stereocenters. The Balaban J connectivity index is 1.63. The zero-order valence-electron chi connectivity index (χ0n) is 13.4. The molecule has 0 aliphatic carbocycles. The number of hydrogen-bond donors (Lipinski definition) is 0. The Labute approximate surface area is 139 Å². The average Bonchev–Trinajstić information content (AvgIpc) is 3.19. The molecule has 0 N–H and O–H groups in total. The number of ether oxygens (including phenoxy) is 2. The van der Waals surface area contributed by atoms with Gasteiger partial charge < -0.3 is 9.47 Å². The number of nitrogens with zero attached hydrogens (tertiary/aromatic N) is 2. The van der Waals surface area contributed by atoms with E-state index in [4.69, 9.17) is 9.47 Å². The normalized spacial score (nSPS) is 13.1. The number of aryl methyl sites for hydroxylation is 2. The van der Waals surface area contributed by atoms with E-state index in [1.165, 1.54) is 6.08 Å². The molecule has 4 rings (SSSR count). The SMILES string of the molecule is Cc1cc2ncn(C(=O)/C=C/c3ccc4c(c3)OCO4)c2cc1C. The van der Waals surface area contributed by atoms with E-state index in [-0.39, 0.29) is 12.7 Å². The molecule has 0 fully saturated rings. The van der Waals surface area contributed by atoms with Crippen LogP contribution in [0.2, 0.25) is 0 Å². The molecule has 2 heterocycles. The minimum Gasteiger partial charge on any atom is -0.454 e. The van der Waals surface area contributed by atoms with Crippen LogP contribution in [0.5, 0.6) is 11.5 Å². The van der Waals surface area contributed by atoms with Gasteiger partial charge in [-0.15, -0.1) is 0 Å². The summed E-state index contributed by atoms with van der Waals surface area (Å²) in [4.78, 5) is 16.8. The number of allylic oxidation sites excluding steroid dienone is 1. The highest BCUT2D eigenvalue weighted by molar-refractivity contribution is 5.99. The molecular weight excluding hydrogens is 304 g/mol. The van der Waals surface area contributed by atoms with Crippen molar-refractivity contribution >= 4 is 23.0 Å². The van der Waals surface area contributed by atoms with E-state index >= 15 is 0 Å². The zero-order chi connectivity index (χ0) is 16.7. The Bertz CT molecular complexity index is 986. The molecule has 24 heavy (non-hydrogen) atoms. The number of aromatic nitrogens is 2. The largest absolute Gasteiger partial charge is 0.454 e. The van der Waals surface area contributed by atoms with Gasteiger partial charge in [0.1, 0.15) is 6.33 Å². The van der Waals surface area contributed by atoms with Crippen molar-refractivity contribution in [2.75, 3.05) is 6.79 Å². The standard InChI is InChI=1S/C19H16N2O3/c1-12-7-15-16(8-13(12)2)21(10-20-15)19(22)6-4-14-3-5-17-18(9-14)24-11-23-17/h3-10H,11H2,1-2H3/b6-4+. The predicted octanol–water partition coefficient (Wildman–Crippen LogP) is 3.74. The van der Waals surface area contributed by atoms with Gasteiger partial charge in [-0.2, -0.15) is 0 Å². The molecule has 0 radical (unpaired) electrons. The molecule has 1 aromatic heterocycles. The van der Waals surface area contributed by atoms with Crippen molar-refractivity contribution in [3.8, 4) is 11.5 Å². The van der Waals surface area contributed by atoms with Crippen LogP contribution in [0.3, 0.4) is 0 Å². The third-order valence-electron chi connectivity index (χ3n) is 4.22. The molecule has 0 bridgehead atoms. The molecule has 0 atom stereocenters. The van der Waals surface area contributed by atoms with Gasteiger partial charge in [0.2, 0.25) is 6.79 Å². The van der Waals surface area contributed by atoms with Gasteiger partial charge in [-0.05, 0) is 60.9 Å². The summed E-state index contributed by atoms with van der Waals surface area (Å²) in [6.07, 6.45) is 4.86. The minimum absolute atomic E-state index is 0.140. The number of imidazole rings is 1. The Morgan fingerprint density at radius 2 is 1.92 bits per heavy atom. The van der Waals surface area contributed by atoms with Crippen molar-refractivity contribution in [1.82, 2.24) is 9.55 Å². The molecule has 1 aliphatic heterocycles. The van der Waals surface area contributed by atoms with E-state index in [2.05, 4.69) is 4.98 Å². The number of hydrogen-bond acceptors (Lipinski definition) is 4. The summed E-state index contributed by atoms with van der Waals surface area (Å²) in [7, 11) is 0. The van der Waals surface area contributed by atoms with Crippen LogP contribution in [0.15, 0.2) is 42.7 Å². The third-order valence-corrected chi connectivity index (χ3v) is 4.22. The lowest BCUT2D eigenvalue weighted by molar-refractivity contribution is 0.0974. The summed E-state index contributed by atoms with van der Waals surface area (Å²) in [5, 5.41) is 0. The van der Waals surface area contributed by atoms with Crippen LogP contribution < -0.4 is 9.47 Å². The van der Waals surface area contributed by atoms with E-state index in [1.807, 2.05) is 44.2 Å². The van der Waals surface area contributed by atoms with Crippen molar-refractivity contribution in [3.63, 3.8) is 0 Å². The topological polar surface area (TPSA) is 53.4 Å². The van der Waals surface area contributed by atoms with Gasteiger partial charge in [0.15, 0.2) is 11.5 Å². The molecule has 5 nitrogen and oxygen atoms in total. The average molecular weight is 320 g/mol. The highest BCUT2D eigenvalue weighted by Gasteiger charge is 2.13. The van der Waals surface area contributed by atoms with Gasteiger partial charge in [0.05, 0.1) is 11.0 Å². The second kappa shape index (κ2) is 5.53. The lowest BCUT2D eigenvalue weighted by atomic mass is 10.1. The Morgan fingerprint density at radius 3 is 2.79 bits per heavy atom. The third kappa shape index (κ3) is 2.44. The van der Waals surface area contributed by atoms with E-state index in [0.717, 1.165) is 33.5 Å². The van der Waals surface area contributed by atoms with Crippen LogP contribution in [-0.2, 0) is 0 Å². The minimum atomic E-state index is -0.140. The summed E-state index contributed by atoms with van der Waals surface area (Å²) in [6, 6.07) is 9.56. The van der Waals surface area contributed by atoms with Crippen molar-refractivity contribution in [3.05, 3.63) is 59.4 Å². The van der Waals surface area contributed by atoms with E-state index < -0.39 is 0 Å². The van der Waals surface area contributed by atoms with Crippen LogP contribution in [0.1, 0.15) is 21.5 Å². The fourth-order valence-electron chi connectivity index (χ4n) is 2.70. The monoisotopic (exact) mass is 320 g/mol. The maximum absolute atomic E-state index is 12.5. The first kappa shape index (κ1) is 14.5. The quantitative estimate of drug-likeness (QED) is 0.675. The second-order valence-electron chi connectivity index (χ2n) is 5.82. The second-order valence-corrected chi connectivity index (χ2v) is 5.82. The van der Waals surface area contributed by atoms with E-state index in [0.29, 0.717) is 5.75 Å². The van der Waals surface area contributed by atoms with Gasteiger partial charge in [-0.1, -0.05) is 6.07 Å². The molecule has 0 amide bonds. The first-order valence-electron chi connectivity index (χ1n) is 7.68. The van der Waals surface area contributed by atoms with Crippen LogP contribution >= 0.6 is 0 Å². The van der Waals surface area contributed by atoms with Gasteiger partial charge in [-0.25, -0.2) is 4.98 Å². The van der Waals surface area contributed by atoms with Crippen LogP contribution in [-0.4, -0.2) is 22.3 Å². The van der Waals surface area contributed by atoms with Gasteiger partial charge in [0.25, 0.3) is 5.91 Å². The number of rotatable bonds is 2. The fourth-order valence-corrected chi connectivity index (χ4v) is 2.70. The smallest absolute Gasteiger partial charge is 0.256 e. The summed E-state index contributed by atoms with van der Waals surface area (Å²) in [5.41, 5.74) is 4.82. The molecule has 120 valence electrons. The summed E-state index contributed by atoms with van der Waals surface area (Å²) in [5.74, 6) is 1.28. The molecule has 0 spiro atoms. The van der Waals surface area contributed by atoms with Gasteiger partial charge >= 0.3 is 0 Å². The number of carbonyl (C=O) groups excluding carboxylic acids is 1. The maximum Gasteiger partial charge on any atom is 0.256 e. The highest BCUT2D eigenvalue weighted by Crippen LogP contribution is 2.32. The molecule has 0 saturated heterocycles. The van der Waals surface area contributed by atoms with Crippen LogP contribution in [0, 0.1) is 13.8 Å². The summed E-state index contributed by atoms with van der Waals surface area (Å²) < 4.78 is 12.2. The van der Waals surface area contributed by atoms with Crippen molar-refractivity contribution in [2.24, 2.45) is 0 Å². The van der Waals surface area contributed by atoms with Crippen LogP contribution in [0.4, 0.5) is 0 Å². The van der Waals surface area contributed by atoms with Crippen molar-refractivity contribution in [1.29, 1.82) is 0 Å². The molecule has 0 saturated carbocycles. The Morgan fingerprint density at radius 1 is 1.12 bits per heavy atom. The summed E-state index contributed by atoms with van der Waals surface area (Å²) in [6.45, 7) is 4.30. The lowest BCUT2D eigenvalue weighted by Crippen LogP contribution is -2.05. The highest BCUT2D eigenvalue weighted by atomic mass is 16.7. The molecular formula is C19H16N2O3. The summed E-state index contributed by atoms with van der Waals surface area (Å²) >= 11 is 0. The van der Waals surface area contributed by atoms with Crippen molar-refractivity contribution in [2.45, 2.75) is 13.8 Å². The van der Waals surface area contributed by atoms with Crippen LogP contribution in [0.25, 0.3) is 17.1 Å². The molecule has 5 heteroatoms. The lowest BCUT2D eigenvalue weighted by Gasteiger charge is -2.02. The molecule has 1 aliphatic rings. The number of carbonyl (C=O) groups is 1. The maximum atomic E-state index is 12.5. The molecule has 3 aromatic rings. The Kier molecular flexibility index (Phi) is 3.34. The van der Waals surface area contributed by atoms with Crippen molar-refractivity contribution < 1.29 is 14.3 Å². The molecule has 2 aromatic carbocycles. The first-order chi connectivity index (χ1) is 11.6. The predicted molar refractivity (Wildman–Crippen MR) is 91.4 cm³/mol. The van der Waals surface area contributed by atoms with Gasteiger partial charge in [-0.3, -0.25) is 9.36 Å². The van der Waals surface area contributed by atoms with Gasteiger partial charge in [0, 0.05) is 6.08 Å². The zero-order valence-corrected chi connectivity index (χ0v) is 13.4. The number of benzene rings is 2.